The smallest absolute Gasteiger partial charge is 0.226 e. The Morgan fingerprint density at radius 1 is 1.23 bits per heavy atom. The molecule has 6 nitrogen and oxygen atoms in total. The SMILES string of the molecule is COc1ccc(-c2nc(CC(=O)NCC(C)(C)N)cs2)cc1OC.Cl.Cl. The minimum Gasteiger partial charge on any atom is -0.493 e. The molecular formula is C17H25Cl2N3O3S. The number of thiazole rings is 1. The minimum absolute atomic E-state index is 0. The van der Waals surface area contributed by atoms with Gasteiger partial charge in [-0.3, -0.25) is 4.79 Å². The lowest BCUT2D eigenvalue weighted by molar-refractivity contribution is -0.120. The fraction of sp³-hybridized carbons (Fsp3) is 0.412. The van der Waals surface area contributed by atoms with Crippen LogP contribution in [-0.2, 0) is 11.2 Å². The van der Waals surface area contributed by atoms with Crippen molar-refractivity contribution in [1.82, 2.24) is 10.3 Å². The standard InChI is InChI=1S/C17H23N3O3S.2ClH/c1-17(2,18)10-19-15(21)8-12-9-24-16(20-12)11-5-6-13(22-3)14(7-11)23-4;;/h5-7,9H,8,10,18H2,1-4H3,(H,19,21);2*1H. The summed E-state index contributed by atoms with van der Waals surface area (Å²) >= 11 is 1.49. The maximum atomic E-state index is 12.0. The molecular weight excluding hydrogens is 397 g/mol. The summed E-state index contributed by atoms with van der Waals surface area (Å²) in [6, 6.07) is 5.63. The first-order chi connectivity index (χ1) is 11.3. The third kappa shape index (κ3) is 6.99. The number of ether oxygens (including phenoxy) is 2. The predicted molar refractivity (Wildman–Crippen MR) is 110 cm³/mol. The average molecular weight is 422 g/mol. The zero-order chi connectivity index (χ0) is 17.7. The van der Waals surface area contributed by atoms with Gasteiger partial charge in [-0.2, -0.15) is 0 Å². The van der Waals surface area contributed by atoms with Crippen LogP contribution in [0.5, 0.6) is 11.5 Å². The van der Waals surface area contributed by atoms with Crippen molar-refractivity contribution in [3.63, 3.8) is 0 Å². The molecule has 0 aliphatic carbocycles. The molecule has 1 aromatic carbocycles. The van der Waals surface area contributed by atoms with Gasteiger partial charge in [0.25, 0.3) is 0 Å². The average Bonchev–Trinajstić information content (AvgIpc) is 3.00. The number of nitrogens with one attached hydrogen (secondary N) is 1. The van der Waals surface area contributed by atoms with Crippen molar-refractivity contribution in [2.45, 2.75) is 25.8 Å². The summed E-state index contributed by atoms with van der Waals surface area (Å²) in [5.74, 6) is 1.23. The van der Waals surface area contributed by atoms with Gasteiger partial charge in [0.15, 0.2) is 11.5 Å². The number of halogens is 2. The fourth-order valence-electron chi connectivity index (χ4n) is 2.04. The molecule has 0 bridgehead atoms. The van der Waals surface area contributed by atoms with Crippen LogP contribution in [-0.4, -0.2) is 37.2 Å². The van der Waals surface area contributed by atoms with Crippen LogP contribution in [0.25, 0.3) is 10.6 Å². The lowest BCUT2D eigenvalue weighted by Crippen LogP contribution is -2.45. The quantitative estimate of drug-likeness (QED) is 0.716. The second kappa shape index (κ2) is 10.6. The number of hydrogen-bond donors (Lipinski definition) is 2. The number of carbonyl (C=O) groups is 1. The van der Waals surface area contributed by atoms with E-state index in [-0.39, 0.29) is 37.1 Å². The highest BCUT2D eigenvalue weighted by molar-refractivity contribution is 7.13. The van der Waals surface area contributed by atoms with Gasteiger partial charge in [0.1, 0.15) is 5.01 Å². The minimum atomic E-state index is -0.428. The highest BCUT2D eigenvalue weighted by Gasteiger charge is 2.14. The number of carbonyl (C=O) groups excluding carboxylic acids is 1. The van der Waals surface area contributed by atoms with E-state index in [1.165, 1.54) is 11.3 Å². The van der Waals surface area contributed by atoms with E-state index in [2.05, 4.69) is 10.3 Å². The van der Waals surface area contributed by atoms with Crippen LogP contribution >= 0.6 is 36.2 Å². The van der Waals surface area contributed by atoms with Crippen molar-refractivity contribution in [1.29, 1.82) is 0 Å². The van der Waals surface area contributed by atoms with Gasteiger partial charge in [0.05, 0.1) is 26.3 Å². The van der Waals surface area contributed by atoms with Gasteiger partial charge >= 0.3 is 0 Å². The number of rotatable bonds is 7. The van der Waals surface area contributed by atoms with E-state index in [9.17, 15) is 4.79 Å². The Morgan fingerprint density at radius 2 is 1.88 bits per heavy atom. The molecule has 0 unspecified atom stereocenters. The van der Waals surface area contributed by atoms with E-state index in [0.29, 0.717) is 18.0 Å². The molecule has 0 aliphatic heterocycles. The second-order valence-electron chi connectivity index (χ2n) is 6.16. The monoisotopic (exact) mass is 421 g/mol. The van der Waals surface area contributed by atoms with Gasteiger partial charge in [-0.15, -0.1) is 36.2 Å². The van der Waals surface area contributed by atoms with Crippen molar-refractivity contribution in [2.24, 2.45) is 5.73 Å². The Morgan fingerprint density at radius 3 is 2.46 bits per heavy atom. The van der Waals surface area contributed by atoms with Crippen LogP contribution in [0.15, 0.2) is 23.6 Å². The largest absolute Gasteiger partial charge is 0.493 e. The predicted octanol–water partition coefficient (Wildman–Crippen LogP) is 3.07. The molecule has 0 spiro atoms. The molecule has 1 amide bonds. The molecule has 0 atom stereocenters. The maximum absolute atomic E-state index is 12.0. The van der Waals surface area contributed by atoms with Gasteiger partial charge < -0.3 is 20.5 Å². The molecule has 1 aromatic heterocycles. The third-order valence-electron chi connectivity index (χ3n) is 3.27. The van der Waals surface area contributed by atoms with Crippen molar-refractivity contribution < 1.29 is 14.3 Å². The first kappa shape index (κ1) is 24.5. The highest BCUT2D eigenvalue weighted by Crippen LogP contribution is 2.33. The molecule has 0 aliphatic rings. The number of methoxy groups -OCH3 is 2. The maximum Gasteiger partial charge on any atom is 0.226 e. The van der Waals surface area contributed by atoms with Crippen molar-refractivity contribution in [3.8, 4) is 22.1 Å². The Kier molecular flexibility index (Phi) is 9.94. The highest BCUT2D eigenvalue weighted by atomic mass is 35.5. The summed E-state index contributed by atoms with van der Waals surface area (Å²) in [6.07, 6.45) is 0.236. The van der Waals surface area contributed by atoms with E-state index in [1.54, 1.807) is 14.2 Å². The lowest BCUT2D eigenvalue weighted by atomic mass is 10.1. The van der Waals surface area contributed by atoms with E-state index in [0.717, 1.165) is 16.3 Å². The summed E-state index contributed by atoms with van der Waals surface area (Å²) in [4.78, 5) is 16.5. The number of nitrogens with zero attached hydrogens (tertiary/aromatic N) is 1. The summed E-state index contributed by atoms with van der Waals surface area (Å²) < 4.78 is 10.5. The molecule has 9 heteroatoms. The van der Waals surface area contributed by atoms with Crippen molar-refractivity contribution >= 4 is 42.1 Å². The number of benzene rings is 1. The first-order valence-corrected chi connectivity index (χ1v) is 8.43. The lowest BCUT2D eigenvalue weighted by Gasteiger charge is -2.18. The van der Waals surface area contributed by atoms with E-state index in [1.807, 2.05) is 37.4 Å². The Bertz CT molecular complexity index is 718. The number of nitrogens with two attached hydrogens (primary N) is 1. The summed E-state index contributed by atoms with van der Waals surface area (Å²) in [6.45, 7) is 4.16. The molecule has 2 rings (SSSR count). The van der Waals surface area contributed by atoms with E-state index < -0.39 is 5.54 Å². The number of amides is 1. The third-order valence-corrected chi connectivity index (χ3v) is 4.21. The van der Waals surface area contributed by atoms with Crippen LogP contribution < -0.4 is 20.5 Å². The molecule has 1 heterocycles. The number of aromatic nitrogens is 1. The van der Waals surface area contributed by atoms with Crippen LogP contribution in [0.2, 0.25) is 0 Å². The van der Waals surface area contributed by atoms with Crippen molar-refractivity contribution in [2.75, 3.05) is 20.8 Å². The van der Waals surface area contributed by atoms with Gasteiger partial charge in [-0.25, -0.2) is 4.98 Å². The molecule has 0 fully saturated rings. The Labute approximate surface area is 170 Å². The summed E-state index contributed by atoms with van der Waals surface area (Å²) in [7, 11) is 3.19. The van der Waals surface area contributed by atoms with Gasteiger partial charge in [0.2, 0.25) is 5.91 Å². The second-order valence-corrected chi connectivity index (χ2v) is 7.01. The van der Waals surface area contributed by atoms with E-state index >= 15 is 0 Å². The van der Waals surface area contributed by atoms with Crippen molar-refractivity contribution in [3.05, 3.63) is 29.3 Å². The Hall–Kier alpha value is -1.54. The first-order valence-electron chi connectivity index (χ1n) is 7.55. The molecule has 146 valence electrons. The van der Waals surface area contributed by atoms with Gasteiger partial charge in [0, 0.05) is 23.0 Å². The zero-order valence-electron chi connectivity index (χ0n) is 15.2. The molecule has 26 heavy (non-hydrogen) atoms. The summed E-state index contributed by atoms with van der Waals surface area (Å²) in [5, 5.41) is 5.54. The molecule has 0 saturated carbocycles. The topological polar surface area (TPSA) is 86.5 Å². The molecule has 3 N–H and O–H groups in total. The van der Waals surface area contributed by atoms with Crippen LogP contribution in [0.1, 0.15) is 19.5 Å². The zero-order valence-corrected chi connectivity index (χ0v) is 17.6. The fourth-order valence-corrected chi connectivity index (χ4v) is 2.86. The summed E-state index contributed by atoms with van der Waals surface area (Å²) in [5.41, 5.74) is 7.09. The van der Waals surface area contributed by atoms with Crippen LogP contribution in [0, 0.1) is 0 Å². The molecule has 0 saturated heterocycles. The number of hydrogen-bond acceptors (Lipinski definition) is 6. The molecule has 2 aromatic rings. The normalized spacial score (nSPS) is 10.3. The van der Waals surface area contributed by atoms with Gasteiger partial charge in [-0.1, -0.05) is 0 Å². The van der Waals surface area contributed by atoms with Gasteiger partial charge in [-0.05, 0) is 32.0 Å². The Balaban J connectivity index is 0.00000312. The molecule has 0 radical (unpaired) electrons. The van der Waals surface area contributed by atoms with Crippen LogP contribution in [0.3, 0.4) is 0 Å². The van der Waals surface area contributed by atoms with E-state index in [4.69, 9.17) is 15.2 Å². The van der Waals surface area contributed by atoms with Crippen LogP contribution in [0.4, 0.5) is 0 Å².